The molecule has 0 spiro atoms. The summed E-state index contributed by atoms with van der Waals surface area (Å²) in [4.78, 5) is 0. The summed E-state index contributed by atoms with van der Waals surface area (Å²) in [5.74, 6) is 0.749. The number of ether oxygens (including phenoxy) is 1. The highest BCUT2D eigenvalue weighted by atomic mass is 32.1. The van der Waals surface area contributed by atoms with E-state index in [-0.39, 0.29) is 12.6 Å². The summed E-state index contributed by atoms with van der Waals surface area (Å²) in [6, 6.07) is 8.18. The lowest BCUT2D eigenvalue weighted by atomic mass is 10.1. The summed E-state index contributed by atoms with van der Waals surface area (Å²) in [7, 11) is 0. The van der Waals surface area contributed by atoms with Gasteiger partial charge < -0.3 is 15.2 Å². The maximum Gasteiger partial charge on any atom is 0.124 e. The fraction of sp³-hybridized carbons (Fsp3) is 0.333. The standard InChI is InChI=1S/C15H19NO2S/c1-3-18-15-5-4-14(8-13(15)9-17)16-11(2)12-6-7-19-10-12/h4-8,10-11,16-17H,3,9H2,1-2H3. The monoisotopic (exact) mass is 277 g/mol. The number of thiophene rings is 1. The molecule has 2 aromatic rings. The zero-order valence-corrected chi connectivity index (χ0v) is 12.0. The zero-order valence-electron chi connectivity index (χ0n) is 11.2. The van der Waals surface area contributed by atoms with Crippen molar-refractivity contribution >= 4 is 17.0 Å². The van der Waals surface area contributed by atoms with E-state index in [1.165, 1.54) is 5.56 Å². The molecule has 102 valence electrons. The van der Waals surface area contributed by atoms with Gasteiger partial charge in [0.25, 0.3) is 0 Å². The molecule has 0 amide bonds. The Kier molecular flexibility index (Phi) is 4.82. The molecule has 0 aliphatic carbocycles. The van der Waals surface area contributed by atoms with Crippen LogP contribution in [0.1, 0.15) is 31.0 Å². The maximum absolute atomic E-state index is 9.38. The molecule has 19 heavy (non-hydrogen) atoms. The van der Waals surface area contributed by atoms with Gasteiger partial charge in [-0.1, -0.05) is 0 Å². The number of hydrogen-bond acceptors (Lipinski definition) is 4. The van der Waals surface area contributed by atoms with Crippen molar-refractivity contribution in [2.24, 2.45) is 0 Å². The minimum absolute atomic E-state index is 0.0162. The zero-order chi connectivity index (χ0) is 13.7. The van der Waals surface area contributed by atoms with Gasteiger partial charge in [-0.2, -0.15) is 11.3 Å². The second kappa shape index (κ2) is 6.59. The first-order chi connectivity index (χ1) is 9.24. The van der Waals surface area contributed by atoms with Crippen molar-refractivity contribution < 1.29 is 9.84 Å². The van der Waals surface area contributed by atoms with E-state index in [4.69, 9.17) is 4.74 Å². The third-order valence-electron chi connectivity index (χ3n) is 2.96. The Morgan fingerprint density at radius 3 is 2.84 bits per heavy atom. The summed E-state index contributed by atoms with van der Waals surface area (Å²) in [6.45, 7) is 4.64. The van der Waals surface area contributed by atoms with E-state index in [9.17, 15) is 5.11 Å². The molecule has 0 saturated heterocycles. The molecule has 2 N–H and O–H groups in total. The lowest BCUT2D eigenvalue weighted by molar-refractivity contribution is 0.267. The van der Waals surface area contributed by atoms with Crippen LogP contribution in [0.25, 0.3) is 0 Å². The summed E-state index contributed by atoms with van der Waals surface area (Å²) in [5, 5.41) is 17.0. The van der Waals surface area contributed by atoms with E-state index in [0.717, 1.165) is 17.0 Å². The molecule has 0 radical (unpaired) electrons. The molecule has 1 atom stereocenters. The number of anilines is 1. The molecule has 4 heteroatoms. The SMILES string of the molecule is CCOc1ccc(NC(C)c2ccsc2)cc1CO. The number of hydrogen-bond donors (Lipinski definition) is 2. The lowest BCUT2D eigenvalue weighted by Crippen LogP contribution is -2.06. The van der Waals surface area contributed by atoms with Crippen molar-refractivity contribution in [3.63, 3.8) is 0 Å². The van der Waals surface area contributed by atoms with Gasteiger partial charge >= 0.3 is 0 Å². The molecule has 0 aliphatic rings. The number of rotatable bonds is 6. The second-order valence-corrected chi connectivity index (χ2v) is 5.12. The van der Waals surface area contributed by atoms with Crippen LogP contribution in [-0.4, -0.2) is 11.7 Å². The molecule has 1 unspecified atom stereocenters. The topological polar surface area (TPSA) is 41.5 Å². The van der Waals surface area contributed by atoms with Crippen LogP contribution in [-0.2, 0) is 6.61 Å². The Morgan fingerprint density at radius 1 is 1.37 bits per heavy atom. The number of aliphatic hydroxyl groups excluding tert-OH is 1. The van der Waals surface area contributed by atoms with Crippen molar-refractivity contribution in [2.45, 2.75) is 26.5 Å². The van der Waals surface area contributed by atoms with Crippen LogP contribution in [0.5, 0.6) is 5.75 Å². The fourth-order valence-corrected chi connectivity index (χ4v) is 2.70. The highest BCUT2D eigenvalue weighted by Gasteiger charge is 2.08. The molecular weight excluding hydrogens is 258 g/mol. The summed E-state index contributed by atoms with van der Waals surface area (Å²) >= 11 is 1.70. The van der Waals surface area contributed by atoms with Gasteiger partial charge in [-0.15, -0.1) is 0 Å². The van der Waals surface area contributed by atoms with E-state index in [1.807, 2.05) is 25.1 Å². The highest BCUT2D eigenvalue weighted by Crippen LogP contribution is 2.26. The molecular formula is C15H19NO2S. The first-order valence-electron chi connectivity index (χ1n) is 6.39. The summed E-state index contributed by atoms with van der Waals surface area (Å²) in [5.41, 5.74) is 3.07. The summed E-state index contributed by atoms with van der Waals surface area (Å²) < 4.78 is 5.47. The Bertz CT molecular complexity index is 511. The Hall–Kier alpha value is -1.52. The molecule has 1 aromatic carbocycles. The quantitative estimate of drug-likeness (QED) is 0.843. The van der Waals surface area contributed by atoms with E-state index in [2.05, 4.69) is 29.1 Å². The van der Waals surface area contributed by atoms with Crippen LogP contribution in [0.15, 0.2) is 35.0 Å². The van der Waals surface area contributed by atoms with Crippen molar-refractivity contribution in [2.75, 3.05) is 11.9 Å². The summed E-state index contributed by atoms with van der Waals surface area (Å²) in [6.07, 6.45) is 0. The Balaban J connectivity index is 2.12. The highest BCUT2D eigenvalue weighted by molar-refractivity contribution is 7.07. The van der Waals surface area contributed by atoms with Gasteiger partial charge in [-0.05, 0) is 54.4 Å². The second-order valence-electron chi connectivity index (χ2n) is 4.34. The maximum atomic E-state index is 9.38. The Labute approximate surface area is 117 Å². The predicted octanol–water partition coefficient (Wildman–Crippen LogP) is 3.81. The van der Waals surface area contributed by atoms with Crippen LogP contribution >= 0.6 is 11.3 Å². The van der Waals surface area contributed by atoms with E-state index < -0.39 is 0 Å². The minimum atomic E-state index is -0.0162. The third-order valence-corrected chi connectivity index (χ3v) is 3.66. The molecule has 0 fully saturated rings. The van der Waals surface area contributed by atoms with Crippen molar-refractivity contribution in [3.05, 3.63) is 46.2 Å². The first kappa shape index (κ1) is 13.9. The first-order valence-corrected chi connectivity index (χ1v) is 7.34. The molecule has 2 rings (SSSR count). The van der Waals surface area contributed by atoms with Crippen LogP contribution in [0, 0.1) is 0 Å². The largest absolute Gasteiger partial charge is 0.494 e. The number of nitrogens with one attached hydrogen (secondary N) is 1. The Morgan fingerprint density at radius 2 is 2.21 bits per heavy atom. The van der Waals surface area contributed by atoms with Gasteiger partial charge in [0.1, 0.15) is 5.75 Å². The smallest absolute Gasteiger partial charge is 0.124 e. The van der Waals surface area contributed by atoms with Crippen molar-refractivity contribution in [1.29, 1.82) is 0 Å². The van der Waals surface area contributed by atoms with Gasteiger partial charge in [-0.3, -0.25) is 0 Å². The lowest BCUT2D eigenvalue weighted by Gasteiger charge is -2.16. The predicted molar refractivity (Wildman–Crippen MR) is 79.9 cm³/mol. The van der Waals surface area contributed by atoms with Gasteiger partial charge in [0.15, 0.2) is 0 Å². The van der Waals surface area contributed by atoms with Gasteiger partial charge in [0, 0.05) is 17.3 Å². The average molecular weight is 277 g/mol. The van der Waals surface area contributed by atoms with E-state index in [0.29, 0.717) is 6.61 Å². The van der Waals surface area contributed by atoms with E-state index in [1.54, 1.807) is 11.3 Å². The number of benzene rings is 1. The minimum Gasteiger partial charge on any atom is -0.494 e. The van der Waals surface area contributed by atoms with Crippen LogP contribution in [0.4, 0.5) is 5.69 Å². The molecule has 1 heterocycles. The van der Waals surface area contributed by atoms with E-state index >= 15 is 0 Å². The van der Waals surface area contributed by atoms with Gasteiger partial charge in [0.05, 0.1) is 13.2 Å². The molecule has 0 bridgehead atoms. The van der Waals surface area contributed by atoms with Crippen LogP contribution in [0.2, 0.25) is 0 Å². The van der Waals surface area contributed by atoms with Gasteiger partial charge in [-0.25, -0.2) is 0 Å². The molecule has 3 nitrogen and oxygen atoms in total. The van der Waals surface area contributed by atoms with Gasteiger partial charge in [0.2, 0.25) is 0 Å². The normalized spacial score (nSPS) is 12.2. The van der Waals surface area contributed by atoms with Crippen LogP contribution < -0.4 is 10.1 Å². The average Bonchev–Trinajstić information content (AvgIpc) is 2.94. The molecule has 0 saturated carbocycles. The van der Waals surface area contributed by atoms with Crippen molar-refractivity contribution in [3.8, 4) is 5.75 Å². The molecule has 0 aliphatic heterocycles. The third kappa shape index (κ3) is 3.49. The fourth-order valence-electron chi connectivity index (χ4n) is 1.94. The van der Waals surface area contributed by atoms with Crippen LogP contribution in [0.3, 0.4) is 0 Å². The van der Waals surface area contributed by atoms with Crippen molar-refractivity contribution in [1.82, 2.24) is 0 Å². The molecule has 1 aromatic heterocycles. The number of aliphatic hydroxyl groups is 1.